The van der Waals surface area contributed by atoms with Gasteiger partial charge in [0.15, 0.2) is 11.6 Å². The molecule has 3 aromatic rings. The van der Waals surface area contributed by atoms with E-state index < -0.39 is 23.5 Å². The van der Waals surface area contributed by atoms with Gasteiger partial charge in [-0.2, -0.15) is 13.2 Å². The summed E-state index contributed by atoms with van der Waals surface area (Å²) in [6.45, 7) is 3.65. The summed E-state index contributed by atoms with van der Waals surface area (Å²) in [4.78, 5) is 33.0. The Hall–Kier alpha value is -4.03. The van der Waals surface area contributed by atoms with Crippen LogP contribution in [0.3, 0.4) is 0 Å². The molecule has 43 heavy (non-hydrogen) atoms. The minimum absolute atomic E-state index is 0.00117. The minimum Gasteiger partial charge on any atom is -0.454 e. The van der Waals surface area contributed by atoms with Crippen molar-refractivity contribution in [2.24, 2.45) is 5.92 Å². The van der Waals surface area contributed by atoms with Crippen molar-refractivity contribution in [1.29, 1.82) is 0 Å². The van der Waals surface area contributed by atoms with E-state index in [9.17, 15) is 27.2 Å². The van der Waals surface area contributed by atoms with Gasteiger partial charge in [-0.15, -0.1) is 0 Å². The highest BCUT2D eigenvalue weighted by atomic mass is 19.4. The van der Waals surface area contributed by atoms with Gasteiger partial charge in [-0.1, -0.05) is 6.07 Å². The highest BCUT2D eigenvalue weighted by molar-refractivity contribution is 5.93. The van der Waals surface area contributed by atoms with Gasteiger partial charge in [0.05, 0.1) is 5.56 Å². The van der Waals surface area contributed by atoms with Crippen LogP contribution in [0.1, 0.15) is 36.0 Å². The maximum atomic E-state index is 14.8. The second-order valence-corrected chi connectivity index (χ2v) is 11.1. The zero-order valence-corrected chi connectivity index (χ0v) is 23.7. The Balaban J connectivity index is 1.17. The smallest absolute Gasteiger partial charge is 0.416 e. The Labute approximate surface area is 247 Å². The number of pyridine rings is 1. The fourth-order valence-electron chi connectivity index (χ4n) is 4.81. The number of alkyl halides is 3. The standard InChI is InChI=1S/C31H33F4N5O3/c1-39-10-12-40(13-11-39)19-21-14-20(15-23(16-21)31(33,34)35)2-7-29(41)37-24-5-6-27(26(32)17-24)43-25-8-9-36-28(18-25)38-30(42)22-3-4-22/h5-6,8-9,14-18,22H,2-4,7,10-13,19H2,1H3,(H,37,41)(H,36,38,42). The lowest BCUT2D eigenvalue weighted by atomic mass is 10.0. The second-order valence-electron chi connectivity index (χ2n) is 11.1. The van der Waals surface area contributed by atoms with Crippen LogP contribution >= 0.6 is 0 Å². The van der Waals surface area contributed by atoms with Crippen LogP contribution in [0, 0.1) is 11.7 Å². The van der Waals surface area contributed by atoms with Crippen LogP contribution in [0.15, 0.2) is 54.7 Å². The number of hydrogen-bond donors (Lipinski definition) is 2. The number of likely N-dealkylation sites (N-methyl/N-ethyl adjacent to an activating group) is 1. The quantitative estimate of drug-likeness (QED) is 0.291. The van der Waals surface area contributed by atoms with Crippen LogP contribution in [0.4, 0.5) is 29.1 Å². The number of amides is 2. The van der Waals surface area contributed by atoms with Crippen LogP contribution in [-0.2, 0) is 28.7 Å². The average Bonchev–Trinajstić information content (AvgIpc) is 3.80. The number of halogens is 4. The zero-order valence-electron chi connectivity index (χ0n) is 23.7. The summed E-state index contributed by atoms with van der Waals surface area (Å²) in [5, 5.41) is 5.29. The van der Waals surface area contributed by atoms with Gasteiger partial charge in [0.25, 0.3) is 0 Å². The molecular weight excluding hydrogens is 566 g/mol. The topological polar surface area (TPSA) is 86.8 Å². The van der Waals surface area contributed by atoms with Gasteiger partial charge in [0.2, 0.25) is 11.8 Å². The van der Waals surface area contributed by atoms with E-state index in [0.29, 0.717) is 23.5 Å². The second kappa shape index (κ2) is 13.1. The number of anilines is 2. The largest absolute Gasteiger partial charge is 0.454 e. The van der Waals surface area contributed by atoms with E-state index in [2.05, 4.69) is 25.4 Å². The number of ether oxygens (including phenoxy) is 1. The van der Waals surface area contributed by atoms with Crippen molar-refractivity contribution in [3.63, 3.8) is 0 Å². The van der Waals surface area contributed by atoms with Crippen LogP contribution in [0.25, 0.3) is 0 Å². The third-order valence-electron chi connectivity index (χ3n) is 7.40. The number of aryl methyl sites for hydroxylation is 1. The predicted octanol–water partition coefficient (Wildman–Crippen LogP) is 5.70. The molecule has 0 atom stereocenters. The summed E-state index contributed by atoms with van der Waals surface area (Å²) in [6, 6.07) is 10.9. The van der Waals surface area contributed by atoms with E-state index in [0.717, 1.165) is 51.2 Å². The molecule has 2 aromatic carbocycles. The number of nitrogens with one attached hydrogen (secondary N) is 2. The van der Waals surface area contributed by atoms with E-state index in [1.807, 2.05) is 7.05 Å². The van der Waals surface area contributed by atoms with Gasteiger partial charge in [0.1, 0.15) is 11.6 Å². The maximum absolute atomic E-state index is 14.8. The summed E-state index contributed by atoms with van der Waals surface area (Å²) in [5.74, 6) is -0.839. The van der Waals surface area contributed by atoms with E-state index in [4.69, 9.17) is 4.74 Å². The number of benzene rings is 2. The average molecular weight is 600 g/mol. The van der Waals surface area contributed by atoms with Gasteiger partial charge < -0.3 is 20.3 Å². The number of aromatic nitrogens is 1. The Morgan fingerprint density at radius 1 is 0.977 bits per heavy atom. The zero-order chi connectivity index (χ0) is 30.6. The first-order valence-electron chi connectivity index (χ1n) is 14.2. The molecule has 0 bridgehead atoms. The van der Waals surface area contributed by atoms with Crippen LogP contribution in [0.2, 0.25) is 0 Å². The van der Waals surface area contributed by atoms with E-state index in [1.54, 1.807) is 6.07 Å². The van der Waals surface area contributed by atoms with Crippen molar-refractivity contribution in [2.75, 3.05) is 43.9 Å². The minimum atomic E-state index is -4.50. The van der Waals surface area contributed by atoms with Crippen LogP contribution in [0.5, 0.6) is 11.5 Å². The van der Waals surface area contributed by atoms with E-state index >= 15 is 0 Å². The first kappa shape index (κ1) is 30.4. The Bertz CT molecular complexity index is 1470. The SMILES string of the molecule is CN1CCN(Cc2cc(CCC(=O)Nc3ccc(Oc4ccnc(NC(=O)C5CC5)c4)c(F)c3)cc(C(F)(F)F)c2)CC1. The molecule has 2 aliphatic rings. The molecular formula is C31H33F4N5O3. The van der Waals surface area contributed by atoms with Gasteiger partial charge in [-0.05, 0) is 67.8 Å². The Morgan fingerprint density at radius 3 is 2.42 bits per heavy atom. The molecule has 1 aliphatic heterocycles. The van der Waals surface area contributed by atoms with Crippen molar-refractivity contribution in [3.8, 4) is 11.5 Å². The van der Waals surface area contributed by atoms with Crippen molar-refractivity contribution in [3.05, 3.63) is 77.2 Å². The molecule has 8 nitrogen and oxygen atoms in total. The number of piperazine rings is 1. The third kappa shape index (κ3) is 8.74. The van der Waals surface area contributed by atoms with Gasteiger partial charge in [-0.3, -0.25) is 14.5 Å². The molecule has 0 unspecified atom stereocenters. The number of carbonyl (C=O) groups excluding carboxylic acids is 2. The number of carbonyl (C=O) groups is 2. The fraction of sp³-hybridized carbons (Fsp3) is 0.387. The lowest BCUT2D eigenvalue weighted by molar-refractivity contribution is -0.137. The summed E-state index contributed by atoms with van der Waals surface area (Å²) in [5.41, 5.74) is 0.411. The molecule has 12 heteroatoms. The Kier molecular flexibility index (Phi) is 9.26. The van der Waals surface area contributed by atoms with Gasteiger partial charge in [-0.25, -0.2) is 9.37 Å². The highest BCUT2D eigenvalue weighted by Crippen LogP contribution is 2.33. The van der Waals surface area contributed by atoms with Gasteiger partial charge in [0, 0.05) is 69.1 Å². The molecule has 0 spiro atoms. The summed E-state index contributed by atoms with van der Waals surface area (Å²) in [6.07, 6.45) is -1.36. The molecule has 0 radical (unpaired) electrons. The first-order valence-corrected chi connectivity index (χ1v) is 14.2. The van der Waals surface area contributed by atoms with Crippen molar-refractivity contribution < 1.29 is 31.9 Å². The molecule has 2 fully saturated rings. The number of hydrogen-bond acceptors (Lipinski definition) is 6. The summed E-state index contributed by atoms with van der Waals surface area (Å²) >= 11 is 0. The third-order valence-corrected chi connectivity index (χ3v) is 7.40. The molecule has 5 rings (SSSR count). The fourth-order valence-corrected chi connectivity index (χ4v) is 4.81. The predicted molar refractivity (Wildman–Crippen MR) is 153 cm³/mol. The first-order chi connectivity index (χ1) is 20.5. The molecule has 2 N–H and O–H groups in total. The van der Waals surface area contributed by atoms with Crippen molar-refractivity contribution in [1.82, 2.24) is 14.8 Å². The van der Waals surface area contributed by atoms with Crippen molar-refractivity contribution >= 4 is 23.3 Å². The number of nitrogens with zero attached hydrogens (tertiary/aromatic N) is 3. The van der Waals surface area contributed by atoms with Crippen LogP contribution < -0.4 is 15.4 Å². The molecule has 2 heterocycles. The maximum Gasteiger partial charge on any atom is 0.416 e. The van der Waals surface area contributed by atoms with E-state index in [1.165, 1.54) is 36.5 Å². The van der Waals surface area contributed by atoms with Crippen molar-refractivity contribution in [2.45, 2.75) is 38.4 Å². The molecule has 1 saturated heterocycles. The van der Waals surface area contributed by atoms with Crippen LogP contribution in [-0.4, -0.2) is 59.8 Å². The monoisotopic (exact) mass is 599 g/mol. The van der Waals surface area contributed by atoms with Gasteiger partial charge >= 0.3 is 6.18 Å². The summed E-state index contributed by atoms with van der Waals surface area (Å²) < 4.78 is 61.2. The highest BCUT2D eigenvalue weighted by Gasteiger charge is 2.32. The Morgan fingerprint density at radius 2 is 1.72 bits per heavy atom. The lowest BCUT2D eigenvalue weighted by Crippen LogP contribution is -2.43. The number of rotatable bonds is 10. The molecule has 1 aliphatic carbocycles. The molecule has 228 valence electrons. The lowest BCUT2D eigenvalue weighted by Gasteiger charge is -2.32. The molecule has 1 saturated carbocycles. The summed E-state index contributed by atoms with van der Waals surface area (Å²) in [7, 11) is 2.01. The normalized spacial score (nSPS) is 16.1. The molecule has 2 amide bonds. The van der Waals surface area contributed by atoms with E-state index in [-0.39, 0.29) is 41.9 Å². The molecule has 1 aromatic heterocycles.